The molecule has 0 amide bonds. The summed E-state index contributed by atoms with van der Waals surface area (Å²) in [5, 5.41) is 0. The molecule has 3 heteroatoms. The fraction of sp³-hybridized carbons (Fsp3) is 0.400. The smallest absolute Gasteiger partial charge is 0.342 e. The maximum Gasteiger partial charge on any atom is 0.342 e. The minimum atomic E-state index is -0.421. The Morgan fingerprint density at radius 1 is 1.88 bits per heavy atom. The summed E-state index contributed by atoms with van der Waals surface area (Å²) in [6, 6.07) is 0. The Bertz CT molecular complexity index is 98.6. The number of thiol groups is 1. The van der Waals surface area contributed by atoms with E-state index in [0.717, 1.165) is 6.42 Å². The Kier molecular flexibility index (Phi) is 4.45. The summed E-state index contributed by atoms with van der Waals surface area (Å²) in [7, 11) is 0. The highest BCUT2D eigenvalue weighted by Crippen LogP contribution is 1.85. The number of hydrogen-bond acceptors (Lipinski definition) is 3. The van der Waals surface area contributed by atoms with E-state index in [1.165, 1.54) is 6.08 Å². The molecule has 0 aromatic rings. The van der Waals surface area contributed by atoms with Crippen molar-refractivity contribution in [2.45, 2.75) is 13.3 Å². The zero-order chi connectivity index (χ0) is 6.41. The number of carbonyl (C=O) groups is 1. The average molecular weight is 132 g/mol. The molecule has 0 aromatic carbocycles. The lowest BCUT2D eigenvalue weighted by Gasteiger charge is -1.83. The van der Waals surface area contributed by atoms with Gasteiger partial charge < -0.3 is 4.18 Å². The van der Waals surface area contributed by atoms with Gasteiger partial charge >= 0.3 is 5.97 Å². The lowest BCUT2D eigenvalue weighted by molar-refractivity contribution is -0.127. The number of carbonyl (C=O) groups excluding carboxylic acids is 1. The minimum absolute atomic E-state index is 0.421. The van der Waals surface area contributed by atoms with Gasteiger partial charge in [-0.3, -0.25) is 0 Å². The van der Waals surface area contributed by atoms with Crippen molar-refractivity contribution in [3.05, 3.63) is 12.2 Å². The quantitative estimate of drug-likeness (QED) is 0.348. The first-order chi connectivity index (χ1) is 3.81. The molecule has 0 radical (unpaired) electrons. The van der Waals surface area contributed by atoms with Crippen LogP contribution in [0.25, 0.3) is 0 Å². The molecule has 0 unspecified atom stereocenters. The van der Waals surface area contributed by atoms with E-state index in [9.17, 15) is 4.79 Å². The highest BCUT2D eigenvalue weighted by Gasteiger charge is 1.87. The topological polar surface area (TPSA) is 26.3 Å². The molecule has 46 valence electrons. The number of rotatable bonds is 2. The standard InChI is InChI=1S/C5H8O2S/c1-2-3-4-5(6)7-8/h3-4,8H,2H2,1H3. The van der Waals surface area contributed by atoms with Gasteiger partial charge in [0.15, 0.2) is 0 Å². The van der Waals surface area contributed by atoms with Crippen LogP contribution in [0.15, 0.2) is 12.2 Å². The van der Waals surface area contributed by atoms with Crippen molar-refractivity contribution in [3.63, 3.8) is 0 Å². The van der Waals surface area contributed by atoms with Crippen LogP contribution < -0.4 is 0 Å². The molecule has 0 rings (SSSR count). The van der Waals surface area contributed by atoms with Gasteiger partial charge in [-0.1, -0.05) is 13.0 Å². The van der Waals surface area contributed by atoms with Crippen molar-refractivity contribution < 1.29 is 8.98 Å². The summed E-state index contributed by atoms with van der Waals surface area (Å²) >= 11 is 3.29. The van der Waals surface area contributed by atoms with E-state index in [4.69, 9.17) is 0 Å². The second kappa shape index (κ2) is 4.71. The summed E-state index contributed by atoms with van der Waals surface area (Å²) in [6.45, 7) is 1.93. The zero-order valence-electron chi connectivity index (χ0n) is 4.63. The van der Waals surface area contributed by atoms with E-state index in [1.54, 1.807) is 6.08 Å². The Hall–Kier alpha value is -0.440. The van der Waals surface area contributed by atoms with Crippen LogP contribution in [-0.2, 0) is 8.98 Å². The van der Waals surface area contributed by atoms with Crippen LogP contribution in [-0.4, -0.2) is 5.97 Å². The molecule has 0 atom stereocenters. The monoisotopic (exact) mass is 132 g/mol. The molecule has 8 heavy (non-hydrogen) atoms. The van der Waals surface area contributed by atoms with E-state index in [-0.39, 0.29) is 0 Å². The normalized spacial score (nSPS) is 9.75. The molecular formula is C5H8O2S. The third-order valence-corrected chi connectivity index (χ3v) is 0.760. The maximum absolute atomic E-state index is 10.2. The summed E-state index contributed by atoms with van der Waals surface area (Å²) in [6.07, 6.45) is 3.88. The van der Waals surface area contributed by atoms with Gasteiger partial charge in [0.1, 0.15) is 0 Å². The van der Waals surface area contributed by atoms with Crippen LogP contribution in [0.4, 0.5) is 0 Å². The second-order valence-electron chi connectivity index (χ2n) is 1.22. The van der Waals surface area contributed by atoms with Gasteiger partial charge in [0.05, 0.1) is 0 Å². The van der Waals surface area contributed by atoms with Crippen molar-refractivity contribution >= 4 is 18.9 Å². The van der Waals surface area contributed by atoms with Crippen molar-refractivity contribution in [1.29, 1.82) is 0 Å². The molecule has 0 aliphatic rings. The average Bonchev–Trinajstić information content (AvgIpc) is 1.83. The van der Waals surface area contributed by atoms with E-state index >= 15 is 0 Å². The third kappa shape index (κ3) is 3.74. The van der Waals surface area contributed by atoms with Crippen molar-refractivity contribution in [1.82, 2.24) is 0 Å². The molecular weight excluding hydrogens is 124 g/mol. The lowest BCUT2D eigenvalue weighted by Crippen LogP contribution is -1.88. The van der Waals surface area contributed by atoms with Crippen molar-refractivity contribution in [3.8, 4) is 0 Å². The van der Waals surface area contributed by atoms with Crippen LogP contribution >= 0.6 is 12.9 Å². The molecule has 0 fully saturated rings. The molecule has 0 saturated heterocycles. The summed E-state index contributed by atoms with van der Waals surface area (Å²) < 4.78 is 4.02. The Morgan fingerprint density at radius 3 is 2.88 bits per heavy atom. The predicted molar refractivity (Wildman–Crippen MR) is 34.5 cm³/mol. The first kappa shape index (κ1) is 7.56. The van der Waals surface area contributed by atoms with Gasteiger partial charge in [-0.05, 0) is 6.42 Å². The van der Waals surface area contributed by atoms with Crippen LogP contribution in [0.1, 0.15) is 13.3 Å². The molecule has 0 aliphatic carbocycles. The fourth-order valence-corrected chi connectivity index (χ4v) is 0.305. The van der Waals surface area contributed by atoms with Crippen LogP contribution in [0, 0.1) is 0 Å². The first-order valence-electron chi connectivity index (χ1n) is 2.33. The molecule has 0 aromatic heterocycles. The first-order valence-corrected chi connectivity index (χ1v) is 2.69. The van der Waals surface area contributed by atoms with E-state index < -0.39 is 5.97 Å². The van der Waals surface area contributed by atoms with Crippen molar-refractivity contribution in [2.24, 2.45) is 0 Å². The van der Waals surface area contributed by atoms with Crippen LogP contribution in [0.3, 0.4) is 0 Å². The highest BCUT2D eigenvalue weighted by molar-refractivity contribution is 7.75. The SMILES string of the molecule is CCC=CC(=O)OS. The van der Waals surface area contributed by atoms with Crippen molar-refractivity contribution in [2.75, 3.05) is 0 Å². The van der Waals surface area contributed by atoms with E-state index in [1.807, 2.05) is 6.92 Å². The molecule has 0 heterocycles. The number of allylic oxidation sites excluding steroid dienone is 1. The molecule has 0 aliphatic heterocycles. The molecule has 0 spiro atoms. The molecule has 0 N–H and O–H groups in total. The Balaban J connectivity index is 3.37. The van der Waals surface area contributed by atoms with E-state index in [2.05, 4.69) is 17.1 Å². The minimum Gasteiger partial charge on any atom is -0.391 e. The third-order valence-electron chi connectivity index (χ3n) is 0.580. The zero-order valence-corrected chi connectivity index (χ0v) is 5.52. The van der Waals surface area contributed by atoms with E-state index in [0.29, 0.717) is 0 Å². The summed E-state index contributed by atoms with van der Waals surface area (Å²) in [5.41, 5.74) is 0. The highest BCUT2D eigenvalue weighted by atomic mass is 32.1. The second-order valence-corrected chi connectivity index (χ2v) is 1.40. The number of hydrogen-bond donors (Lipinski definition) is 1. The summed E-state index contributed by atoms with van der Waals surface area (Å²) in [4.78, 5) is 10.2. The fourth-order valence-electron chi connectivity index (χ4n) is 0.245. The predicted octanol–water partition coefficient (Wildman–Crippen LogP) is 1.34. The van der Waals surface area contributed by atoms with Gasteiger partial charge in [0, 0.05) is 19.0 Å². The molecule has 2 nitrogen and oxygen atoms in total. The van der Waals surface area contributed by atoms with Gasteiger partial charge in [-0.15, -0.1) is 0 Å². The summed E-state index contributed by atoms with van der Waals surface area (Å²) in [5.74, 6) is -0.421. The Morgan fingerprint density at radius 2 is 2.50 bits per heavy atom. The van der Waals surface area contributed by atoms with Gasteiger partial charge in [0.25, 0.3) is 0 Å². The molecule has 0 bridgehead atoms. The largest absolute Gasteiger partial charge is 0.391 e. The lowest BCUT2D eigenvalue weighted by atomic mass is 10.4. The van der Waals surface area contributed by atoms with Gasteiger partial charge in [-0.2, -0.15) is 0 Å². The molecule has 0 saturated carbocycles. The Labute approximate surface area is 54.1 Å². The maximum atomic E-state index is 10.2. The van der Waals surface area contributed by atoms with Crippen LogP contribution in [0.5, 0.6) is 0 Å². The van der Waals surface area contributed by atoms with Gasteiger partial charge in [-0.25, -0.2) is 4.79 Å². The van der Waals surface area contributed by atoms with Crippen LogP contribution in [0.2, 0.25) is 0 Å². The van der Waals surface area contributed by atoms with Gasteiger partial charge in [0.2, 0.25) is 0 Å².